The van der Waals surface area contributed by atoms with Gasteiger partial charge in [-0.1, -0.05) is 71.2 Å². The van der Waals surface area contributed by atoms with E-state index < -0.39 is 19.4 Å². The lowest BCUT2D eigenvalue weighted by atomic mass is 9.98. The summed E-state index contributed by atoms with van der Waals surface area (Å²) < 4.78 is 47.1. The zero-order valence-electron chi connectivity index (χ0n) is 58.2. The minimum Gasteiger partial charge on any atom is -0.477 e. The SMILES string of the molecule is C=S(C)(=O)N1CCC(COc2nc([C@H](C)Nc3ncnc4nc[nH]c34)cc3cccc(Cl)c23)CC1.C=S(C)(=O)N1CCN(CCOc2nc([C@H](C)Nc3ncnc4nc[nH]c34)cc3cccc(Cl)c23)CC1.C[C@H](Nc1ncnc2nc[nH]c12)c1cc2cccc(Cl)c2c(OCC2CCN(C)CC2)n1. The van der Waals surface area contributed by atoms with E-state index in [0.29, 0.717) is 98.8 Å². The van der Waals surface area contributed by atoms with Crippen LogP contribution in [0.4, 0.5) is 17.5 Å². The molecule has 540 valence electrons. The molecule has 3 aliphatic rings. The van der Waals surface area contributed by atoms with Crippen LogP contribution in [0.5, 0.6) is 17.6 Å². The summed E-state index contributed by atoms with van der Waals surface area (Å²) in [5.74, 6) is 12.1. The van der Waals surface area contributed by atoms with E-state index in [9.17, 15) is 8.42 Å². The summed E-state index contributed by atoms with van der Waals surface area (Å²) in [7, 11) is -2.15. The van der Waals surface area contributed by atoms with Gasteiger partial charge < -0.3 is 50.0 Å². The number of aromatic amines is 3. The Morgan fingerprint density at radius 3 is 1.21 bits per heavy atom. The number of hydrogen-bond acceptors (Lipinski definition) is 22. The molecule has 3 fully saturated rings. The third-order valence-electron chi connectivity index (χ3n) is 18.8. The molecule has 5 atom stereocenters. The number of hydrogen-bond donors (Lipinski definition) is 6. The van der Waals surface area contributed by atoms with E-state index in [0.717, 1.165) is 151 Å². The number of ether oxygens (including phenoxy) is 3. The Labute approximate surface area is 612 Å². The number of H-pyrrole nitrogens is 3. The van der Waals surface area contributed by atoms with Gasteiger partial charge >= 0.3 is 0 Å². The number of halogens is 3. The van der Waals surface area contributed by atoms with Crippen LogP contribution in [0.15, 0.2) is 111 Å². The summed E-state index contributed by atoms with van der Waals surface area (Å²) in [6.07, 6.45) is 16.7. The van der Waals surface area contributed by atoms with Crippen LogP contribution in [-0.2, 0) is 19.4 Å². The van der Waals surface area contributed by atoms with Gasteiger partial charge in [-0.15, -0.1) is 0 Å². The summed E-state index contributed by atoms with van der Waals surface area (Å²) in [5.41, 5.74) is 6.51. The van der Waals surface area contributed by atoms with Crippen molar-refractivity contribution in [3.63, 3.8) is 0 Å². The van der Waals surface area contributed by atoms with E-state index in [-0.39, 0.29) is 18.1 Å². The highest BCUT2D eigenvalue weighted by atomic mass is 35.5. The van der Waals surface area contributed by atoms with Crippen molar-refractivity contribution in [3.05, 3.63) is 143 Å². The van der Waals surface area contributed by atoms with Crippen LogP contribution in [0.1, 0.15) is 81.7 Å². The first-order valence-corrected chi connectivity index (χ1v) is 39.4. The lowest BCUT2D eigenvalue weighted by Crippen LogP contribution is -2.49. The lowest BCUT2D eigenvalue weighted by Gasteiger charge is -2.34. The molecule has 32 heteroatoms. The third-order valence-corrected chi connectivity index (χ3v) is 22.7. The minimum atomic E-state index is -2.16. The fourth-order valence-corrected chi connectivity index (χ4v) is 15.6. The first kappa shape index (κ1) is 72.4. The normalized spacial score (nSPS) is 17.4. The number of likely N-dealkylation sites (tertiary alicyclic amines) is 1. The molecule has 15 rings (SSSR count). The molecule has 0 saturated carbocycles. The third kappa shape index (κ3) is 17.3. The Bertz CT molecular complexity index is 5200. The molecule has 9 aromatic heterocycles. The van der Waals surface area contributed by atoms with Crippen molar-refractivity contribution in [1.82, 2.24) is 93.2 Å². The van der Waals surface area contributed by atoms with Gasteiger partial charge in [-0.05, 0) is 143 Å². The van der Waals surface area contributed by atoms with Gasteiger partial charge in [0.05, 0.1) is 98.6 Å². The molecular weight excluding hydrogens is 1410 g/mol. The second-order valence-corrected chi connectivity index (χ2v) is 32.5. The van der Waals surface area contributed by atoms with Crippen molar-refractivity contribution in [2.45, 2.75) is 64.6 Å². The second-order valence-electron chi connectivity index (χ2n) is 26.4. The average molecular weight is 1500 g/mol. The largest absolute Gasteiger partial charge is 0.477 e. The highest BCUT2D eigenvalue weighted by molar-refractivity contribution is 7.97. The summed E-state index contributed by atoms with van der Waals surface area (Å²) in [6, 6.07) is 23.0. The van der Waals surface area contributed by atoms with Crippen LogP contribution < -0.4 is 30.2 Å². The van der Waals surface area contributed by atoms with Gasteiger partial charge in [0.1, 0.15) is 42.1 Å². The van der Waals surface area contributed by atoms with Crippen LogP contribution in [-0.4, -0.2) is 212 Å². The highest BCUT2D eigenvalue weighted by Crippen LogP contribution is 2.38. The maximum atomic E-state index is 12.2. The first-order valence-electron chi connectivity index (χ1n) is 34.1. The standard InChI is InChI=1S/C24H29ClN8O2S.C24H28ClN7O2S.C23H26ClN7O/c1-16(30-23-21-22(27-14-26-21)28-15-29-23)19-13-17-5-4-6-18(25)20(17)24(31-19)35-12-11-32-7-9-33(10-8-32)36(2,3)34;1-15(30-23-21-22(27-13-26-21)28-14-29-23)19-11-17-5-4-6-18(25)20(17)24(31-19)34-12-16-7-9-32(10-8-16)35(2,3)33;1-14(29-22-20-21(26-12-25-20)27-13-28-22)18-10-16-4-3-5-17(24)19(16)23(30-18)32-11-15-6-8-31(2)9-7-15/h4-6,13-16H,2,7-12H2,1,3H3,(H2,26,27,28,29,30);4-6,11,13-16H,2,7-10,12H2,1,3H3,(H2,26,27,28,29,30);3-5,10,12-15H,6-9,11H2,1-2H3,(H2,25,26,27,28,29)/t16-,36?;15-,35?;14-/m000/s1. The fraction of sp³-hybridized carbons (Fsp3) is 0.380. The van der Waals surface area contributed by atoms with Gasteiger partial charge in [0.2, 0.25) is 17.6 Å². The quantitative estimate of drug-likeness (QED) is 0.0364. The summed E-state index contributed by atoms with van der Waals surface area (Å²) in [6.45, 7) is 15.3. The second kappa shape index (κ2) is 32.0. The number of aromatic nitrogens is 15. The topological polar surface area (TPSA) is 313 Å². The van der Waals surface area contributed by atoms with E-state index in [1.807, 2.05) is 102 Å². The van der Waals surface area contributed by atoms with E-state index in [2.05, 4.69) is 104 Å². The van der Waals surface area contributed by atoms with Gasteiger partial charge in [0.15, 0.2) is 34.4 Å². The van der Waals surface area contributed by atoms with Crippen LogP contribution in [0.2, 0.25) is 15.1 Å². The molecule has 103 heavy (non-hydrogen) atoms. The number of imidazole rings is 3. The molecule has 0 bridgehead atoms. The number of piperidine rings is 2. The Kier molecular flexibility index (Phi) is 22.5. The molecule has 3 saturated heterocycles. The summed E-state index contributed by atoms with van der Waals surface area (Å²) in [4.78, 5) is 66.7. The molecule has 6 N–H and O–H groups in total. The molecule has 3 aliphatic heterocycles. The highest BCUT2D eigenvalue weighted by Gasteiger charge is 2.27. The lowest BCUT2D eigenvalue weighted by molar-refractivity contribution is 0.158. The molecule has 0 radical (unpaired) electrons. The Morgan fingerprint density at radius 2 is 0.845 bits per heavy atom. The molecule has 0 spiro atoms. The van der Waals surface area contributed by atoms with Crippen LogP contribution in [0.25, 0.3) is 65.8 Å². The van der Waals surface area contributed by atoms with Crippen LogP contribution in [0, 0.1) is 11.8 Å². The molecule has 27 nitrogen and oxygen atoms in total. The maximum Gasteiger partial charge on any atom is 0.223 e. The average Bonchev–Trinajstić information content (AvgIpc) is 1.41. The number of piperazine rings is 1. The molecule has 0 amide bonds. The number of pyridine rings is 3. The molecule has 0 aliphatic carbocycles. The molecule has 12 aromatic rings. The summed E-state index contributed by atoms with van der Waals surface area (Å²) in [5, 5.41) is 17.4. The van der Waals surface area contributed by atoms with Crippen molar-refractivity contribution in [2.24, 2.45) is 11.8 Å². The number of benzene rings is 3. The van der Waals surface area contributed by atoms with Gasteiger partial charge in [-0.25, -0.2) is 68.4 Å². The van der Waals surface area contributed by atoms with Crippen molar-refractivity contribution in [2.75, 3.05) is 114 Å². The Hall–Kier alpha value is -8.91. The van der Waals surface area contributed by atoms with E-state index in [1.165, 1.54) is 19.0 Å². The van der Waals surface area contributed by atoms with Gasteiger partial charge in [-0.3, -0.25) is 13.3 Å². The van der Waals surface area contributed by atoms with E-state index >= 15 is 0 Å². The first-order chi connectivity index (χ1) is 49.7. The number of fused-ring (bicyclic) bond motifs is 6. The van der Waals surface area contributed by atoms with Crippen molar-refractivity contribution in [3.8, 4) is 17.6 Å². The predicted molar refractivity (Wildman–Crippen MR) is 413 cm³/mol. The van der Waals surface area contributed by atoms with Crippen molar-refractivity contribution in [1.29, 1.82) is 0 Å². The minimum absolute atomic E-state index is 0.120. The number of nitrogens with zero attached hydrogens (tertiary/aromatic N) is 16. The molecule has 3 aromatic carbocycles. The van der Waals surface area contributed by atoms with Gasteiger partial charge in [0.25, 0.3) is 0 Å². The van der Waals surface area contributed by atoms with Gasteiger partial charge in [-0.2, -0.15) is 0 Å². The van der Waals surface area contributed by atoms with E-state index in [1.54, 1.807) is 31.5 Å². The number of rotatable bonds is 21. The maximum absolute atomic E-state index is 12.2. The van der Waals surface area contributed by atoms with Crippen molar-refractivity contribution < 1.29 is 22.6 Å². The Balaban J connectivity index is 0.000000138. The summed E-state index contributed by atoms with van der Waals surface area (Å²) >= 11 is 19.7. The van der Waals surface area contributed by atoms with E-state index in [4.69, 9.17) is 64.0 Å². The zero-order valence-corrected chi connectivity index (χ0v) is 62.1. The smallest absolute Gasteiger partial charge is 0.223 e. The van der Waals surface area contributed by atoms with Crippen LogP contribution >= 0.6 is 34.8 Å². The fourth-order valence-electron chi connectivity index (χ4n) is 12.9. The molecule has 2 unspecified atom stereocenters. The monoisotopic (exact) mass is 1490 g/mol. The molecule has 12 heterocycles. The predicted octanol–water partition coefficient (Wildman–Crippen LogP) is 11.5. The van der Waals surface area contributed by atoms with Gasteiger partial charge in [0, 0.05) is 77.7 Å². The van der Waals surface area contributed by atoms with Crippen LogP contribution in [0.3, 0.4) is 0 Å². The Morgan fingerprint density at radius 1 is 0.495 bits per heavy atom. The van der Waals surface area contributed by atoms with Crippen molar-refractivity contribution >= 4 is 149 Å². The number of nitrogens with one attached hydrogen (secondary N) is 6. The molecular formula is C71H83Cl3N22O5S2. The number of anilines is 3. The zero-order chi connectivity index (χ0) is 71.9.